The fraction of sp³-hybridized carbons (Fsp3) is 0.538. The van der Waals surface area contributed by atoms with Crippen molar-refractivity contribution in [2.75, 3.05) is 24.5 Å². The lowest BCUT2D eigenvalue weighted by atomic mass is 9.92. The lowest BCUT2D eigenvalue weighted by molar-refractivity contribution is -0.135. The van der Waals surface area contributed by atoms with Crippen LogP contribution in [0.5, 0.6) is 5.75 Å². The highest BCUT2D eigenvalue weighted by Crippen LogP contribution is 2.27. The summed E-state index contributed by atoms with van der Waals surface area (Å²) in [6.07, 6.45) is 8.85. The van der Waals surface area contributed by atoms with Gasteiger partial charge in [0.25, 0.3) is 5.91 Å². The molecule has 1 aromatic heterocycles. The number of anilines is 1. The molecule has 1 aliphatic heterocycles. The minimum atomic E-state index is -1.16. The second kappa shape index (κ2) is 12.3. The quantitative estimate of drug-likeness (QED) is 0.429. The molecule has 0 unspecified atom stereocenters. The summed E-state index contributed by atoms with van der Waals surface area (Å²) in [6.45, 7) is 5.21. The number of nitrogens with one attached hydrogen (secondary N) is 1. The third-order valence-electron chi connectivity index (χ3n) is 6.43. The molecule has 0 atom stereocenters. The van der Waals surface area contributed by atoms with Gasteiger partial charge in [-0.3, -0.25) is 9.59 Å². The number of nitrogens with zero attached hydrogens (tertiary/aromatic N) is 3. The number of aliphatic carboxylic acids is 1. The van der Waals surface area contributed by atoms with E-state index in [9.17, 15) is 14.7 Å². The van der Waals surface area contributed by atoms with Crippen LogP contribution in [0.25, 0.3) is 0 Å². The van der Waals surface area contributed by atoms with E-state index in [-0.39, 0.29) is 11.4 Å². The molecule has 3 N–H and O–H groups in total. The van der Waals surface area contributed by atoms with E-state index in [1.54, 1.807) is 6.92 Å². The molecule has 0 radical (unpaired) electrons. The minimum Gasteiger partial charge on any atom is -0.504 e. The van der Waals surface area contributed by atoms with E-state index in [1.165, 1.54) is 36.9 Å². The number of piperidine rings is 1. The number of benzene rings is 1. The van der Waals surface area contributed by atoms with Gasteiger partial charge in [0.05, 0.1) is 5.69 Å². The van der Waals surface area contributed by atoms with Crippen molar-refractivity contribution < 1.29 is 19.8 Å². The first-order chi connectivity index (χ1) is 16.4. The Morgan fingerprint density at radius 3 is 2.44 bits per heavy atom. The Bertz CT molecular complexity index is 970. The molecule has 2 aromatic rings. The molecular weight excluding hydrogens is 432 g/mol. The zero-order chi connectivity index (χ0) is 24.5. The van der Waals surface area contributed by atoms with Gasteiger partial charge in [-0.25, -0.2) is 9.97 Å². The van der Waals surface area contributed by atoms with Crippen LogP contribution in [-0.4, -0.2) is 51.7 Å². The van der Waals surface area contributed by atoms with Crippen LogP contribution < -0.4 is 10.2 Å². The highest BCUT2D eigenvalue weighted by Gasteiger charge is 2.23. The average Bonchev–Trinajstić information content (AvgIpc) is 2.83. The molecule has 1 saturated heterocycles. The average molecular weight is 469 g/mol. The molecule has 3 rings (SSSR count). The number of aryl methyl sites for hydroxylation is 2. The first-order valence-corrected chi connectivity index (χ1v) is 12.3. The second-order valence-electron chi connectivity index (χ2n) is 9.11. The number of rotatable bonds is 11. The van der Waals surface area contributed by atoms with Gasteiger partial charge in [0, 0.05) is 25.2 Å². The monoisotopic (exact) mass is 468 g/mol. The van der Waals surface area contributed by atoms with E-state index in [2.05, 4.69) is 51.4 Å². The van der Waals surface area contributed by atoms with E-state index in [4.69, 9.17) is 5.11 Å². The number of carboxylic acids is 1. The van der Waals surface area contributed by atoms with Gasteiger partial charge in [-0.2, -0.15) is 0 Å². The molecular formula is C26H36N4O4. The Morgan fingerprint density at radius 2 is 1.79 bits per heavy atom. The molecule has 0 saturated carbocycles. The standard InChI is InChI=1S/C26H36N4O4/c1-3-4-5-6-7-19-8-10-21(11-9-19)30-14-12-20(13-15-30)16-22-28-18(2)25(33)24(29-22)26(34)27-17-23(31)32/h8-11,20,33H,3-7,12-17H2,1-2H3,(H,27,34)(H,31,32). The maximum atomic E-state index is 12.2. The SMILES string of the molecule is CCCCCCc1ccc(N2CCC(Cc3nc(C)c(O)c(C(=O)NCC(=O)O)n3)CC2)cc1. The van der Waals surface area contributed by atoms with Crippen molar-refractivity contribution in [2.24, 2.45) is 5.92 Å². The number of carbonyl (C=O) groups is 2. The number of amides is 1. The van der Waals surface area contributed by atoms with Gasteiger partial charge in [-0.15, -0.1) is 0 Å². The van der Waals surface area contributed by atoms with Crippen LogP contribution in [0.3, 0.4) is 0 Å². The van der Waals surface area contributed by atoms with Crippen molar-refractivity contribution in [1.29, 1.82) is 0 Å². The fourth-order valence-electron chi connectivity index (χ4n) is 4.40. The molecule has 1 amide bonds. The van der Waals surface area contributed by atoms with Crippen LogP contribution >= 0.6 is 0 Å². The van der Waals surface area contributed by atoms with E-state index < -0.39 is 18.4 Å². The van der Waals surface area contributed by atoms with E-state index in [0.29, 0.717) is 23.9 Å². The van der Waals surface area contributed by atoms with Crippen LogP contribution in [0.4, 0.5) is 5.69 Å². The number of carboxylic acid groups (broad SMARTS) is 1. The summed E-state index contributed by atoms with van der Waals surface area (Å²) in [4.78, 5) is 34.0. The molecule has 184 valence electrons. The van der Waals surface area contributed by atoms with Gasteiger partial charge in [0.2, 0.25) is 0 Å². The van der Waals surface area contributed by atoms with Crippen LogP contribution in [0.2, 0.25) is 0 Å². The molecule has 34 heavy (non-hydrogen) atoms. The van der Waals surface area contributed by atoms with Gasteiger partial charge < -0.3 is 20.4 Å². The number of unbranched alkanes of at least 4 members (excludes halogenated alkanes) is 3. The predicted molar refractivity (Wildman–Crippen MR) is 131 cm³/mol. The molecule has 0 bridgehead atoms. The molecule has 8 nitrogen and oxygen atoms in total. The topological polar surface area (TPSA) is 116 Å². The molecule has 0 spiro atoms. The largest absolute Gasteiger partial charge is 0.504 e. The number of aromatic nitrogens is 2. The van der Waals surface area contributed by atoms with Gasteiger partial charge in [-0.05, 0) is 56.2 Å². The lowest BCUT2D eigenvalue weighted by Crippen LogP contribution is -2.34. The highest BCUT2D eigenvalue weighted by atomic mass is 16.4. The Kier molecular flexibility index (Phi) is 9.24. The van der Waals surface area contributed by atoms with E-state index >= 15 is 0 Å². The molecule has 0 aliphatic carbocycles. The third kappa shape index (κ3) is 7.17. The molecule has 1 aromatic carbocycles. The summed E-state index contributed by atoms with van der Waals surface area (Å²) in [5, 5.41) is 21.2. The zero-order valence-corrected chi connectivity index (χ0v) is 20.2. The predicted octanol–water partition coefficient (Wildman–Crippen LogP) is 3.89. The number of hydrogen-bond donors (Lipinski definition) is 3. The molecule has 1 aliphatic rings. The van der Waals surface area contributed by atoms with Crippen LogP contribution in [0.15, 0.2) is 24.3 Å². The van der Waals surface area contributed by atoms with E-state index in [1.807, 2.05) is 0 Å². The summed E-state index contributed by atoms with van der Waals surface area (Å²) >= 11 is 0. The Labute approximate surface area is 201 Å². The van der Waals surface area contributed by atoms with Crippen molar-refractivity contribution in [3.8, 4) is 5.75 Å². The fourth-order valence-corrected chi connectivity index (χ4v) is 4.40. The summed E-state index contributed by atoms with van der Waals surface area (Å²) in [5.74, 6) is -1.30. The van der Waals surface area contributed by atoms with Crippen molar-refractivity contribution in [2.45, 2.75) is 65.2 Å². The third-order valence-corrected chi connectivity index (χ3v) is 6.43. The first-order valence-electron chi connectivity index (χ1n) is 12.3. The first kappa shape index (κ1) is 25.5. The number of carbonyl (C=O) groups excluding carboxylic acids is 1. The summed E-state index contributed by atoms with van der Waals surface area (Å²) in [5.41, 5.74) is 2.80. The Morgan fingerprint density at radius 1 is 1.09 bits per heavy atom. The van der Waals surface area contributed by atoms with Crippen molar-refractivity contribution in [3.05, 3.63) is 47.0 Å². The van der Waals surface area contributed by atoms with Gasteiger partial charge in [0.15, 0.2) is 11.4 Å². The Hall–Kier alpha value is -3.16. The maximum absolute atomic E-state index is 12.2. The zero-order valence-electron chi connectivity index (χ0n) is 20.2. The van der Waals surface area contributed by atoms with Gasteiger partial charge in [0.1, 0.15) is 12.4 Å². The molecule has 2 heterocycles. The van der Waals surface area contributed by atoms with E-state index in [0.717, 1.165) is 32.4 Å². The smallest absolute Gasteiger partial charge is 0.322 e. The summed E-state index contributed by atoms with van der Waals surface area (Å²) in [7, 11) is 0. The van der Waals surface area contributed by atoms with Crippen molar-refractivity contribution >= 4 is 17.6 Å². The molecule has 8 heteroatoms. The number of aromatic hydroxyl groups is 1. The lowest BCUT2D eigenvalue weighted by Gasteiger charge is -2.33. The second-order valence-corrected chi connectivity index (χ2v) is 9.11. The van der Waals surface area contributed by atoms with Crippen LogP contribution in [0, 0.1) is 12.8 Å². The van der Waals surface area contributed by atoms with Crippen LogP contribution in [-0.2, 0) is 17.6 Å². The summed E-state index contributed by atoms with van der Waals surface area (Å²) in [6, 6.07) is 8.95. The Balaban J connectivity index is 1.54. The normalized spacial score (nSPS) is 14.2. The van der Waals surface area contributed by atoms with Gasteiger partial charge >= 0.3 is 5.97 Å². The van der Waals surface area contributed by atoms with Crippen molar-refractivity contribution in [1.82, 2.24) is 15.3 Å². The summed E-state index contributed by atoms with van der Waals surface area (Å²) < 4.78 is 0. The van der Waals surface area contributed by atoms with Crippen molar-refractivity contribution in [3.63, 3.8) is 0 Å². The minimum absolute atomic E-state index is 0.170. The van der Waals surface area contributed by atoms with Crippen LogP contribution in [0.1, 0.15) is 73.0 Å². The van der Waals surface area contributed by atoms with Gasteiger partial charge in [-0.1, -0.05) is 38.3 Å². The maximum Gasteiger partial charge on any atom is 0.322 e. The molecule has 1 fully saturated rings. The number of hydrogen-bond acceptors (Lipinski definition) is 6. The highest BCUT2D eigenvalue weighted by molar-refractivity contribution is 5.96.